The summed E-state index contributed by atoms with van der Waals surface area (Å²) in [4.78, 5) is 0. The number of ether oxygens (including phenoxy) is 1. The summed E-state index contributed by atoms with van der Waals surface area (Å²) in [7, 11) is 0. The Bertz CT molecular complexity index is 252. The molecule has 0 unspecified atom stereocenters. The van der Waals surface area contributed by atoms with E-state index in [4.69, 9.17) is 16.3 Å². The van der Waals surface area contributed by atoms with Gasteiger partial charge in [-0.3, -0.25) is 0 Å². The summed E-state index contributed by atoms with van der Waals surface area (Å²) < 4.78 is 5.44. The van der Waals surface area contributed by atoms with Crippen molar-refractivity contribution in [2.45, 2.75) is 6.92 Å². The molecule has 0 aliphatic heterocycles. The maximum Gasteiger partial charge on any atom is 0.137 e. The lowest BCUT2D eigenvalue weighted by molar-refractivity contribution is 0.315. The fourth-order valence-corrected chi connectivity index (χ4v) is 1.16. The third-order valence-corrected chi connectivity index (χ3v) is 1.94. The predicted octanol–water partition coefficient (Wildman–Crippen LogP) is 2.33. The molecule has 1 rings (SSSR count). The first-order chi connectivity index (χ1) is 6.34. The Morgan fingerprint density at radius 2 is 2.15 bits per heavy atom. The molecule has 13 heavy (non-hydrogen) atoms. The Labute approximate surface area is 83.9 Å². The SMILES string of the molecule is CCNCCOc1ccccc1Cl. The summed E-state index contributed by atoms with van der Waals surface area (Å²) in [5.41, 5.74) is 0. The van der Waals surface area contributed by atoms with Gasteiger partial charge < -0.3 is 10.1 Å². The molecule has 2 nitrogen and oxygen atoms in total. The molecule has 0 heterocycles. The first-order valence-corrected chi connectivity index (χ1v) is 4.80. The van der Waals surface area contributed by atoms with Crippen molar-refractivity contribution in [3.63, 3.8) is 0 Å². The fourth-order valence-electron chi connectivity index (χ4n) is 0.972. The molecule has 1 aromatic carbocycles. The second-order valence-corrected chi connectivity index (χ2v) is 3.04. The van der Waals surface area contributed by atoms with Gasteiger partial charge in [0.15, 0.2) is 0 Å². The smallest absolute Gasteiger partial charge is 0.137 e. The molecule has 0 spiro atoms. The minimum atomic E-state index is 0.650. The average Bonchev–Trinajstić information content (AvgIpc) is 2.15. The van der Waals surface area contributed by atoms with Crippen molar-refractivity contribution in [3.8, 4) is 5.75 Å². The summed E-state index contributed by atoms with van der Waals surface area (Å²) in [6.07, 6.45) is 0. The van der Waals surface area contributed by atoms with Crippen LogP contribution in [0.5, 0.6) is 5.75 Å². The van der Waals surface area contributed by atoms with E-state index in [1.807, 2.05) is 24.3 Å². The van der Waals surface area contributed by atoms with E-state index in [-0.39, 0.29) is 0 Å². The van der Waals surface area contributed by atoms with Crippen molar-refractivity contribution in [1.29, 1.82) is 0 Å². The van der Waals surface area contributed by atoms with Crippen LogP contribution in [-0.2, 0) is 0 Å². The number of halogens is 1. The van der Waals surface area contributed by atoms with E-state index in [0.29, 0.717) is 11.6 Å². The summed E-state index contributed by atoms with van der Waals surface area (Å²) in [6.45, 7) is 4.53. The highest BCUT2D eigenvalue weighted by Crippen LogP contribution is 2.22. The highest BCUT2D eigenvalue weighted by atomic mass is 35.5. The fraction of sp³-hybridized carbons (Fsp3) is 0.400. The van der Waals surface area contributed by atoms with E-state index in [1.54, 1.807) is 0 Å². The first kappa shape index (κ1) is 10.4. The van der Waals surface area contributed by atoms with Gasteiger partial charge >= 0.3 is 0 Å². The standard InChI is InChI=1S/C10H14ClNO/c1-2-12-7-8-13-10-6-4-3-5-9(10)11/h3-6,12H,2,7-8H2,1H3. The van der Waals surface area contributed by atoms with E-state index in [0.717, 1.165) is 18.8 Å². The summed E-state index contributed by atoms with van der Waals surface area (Å²) in [5.74, 6) is 0.752. The van der Waals surface area contributed by atoms with Gasteiger partial charge in [0.1, 0.15) is 12.4 Å². The molecule has 0 bridgehead atoms. The second-order valence-electron chi connectivity index (χ2n) is 2.63. The van der Waals surface area contributed by atoms with Crippen LogP contribution in [0.2, 0.25) is 5.02 Å². The normalized spacial score (nSPS) is 10.0. The molecule has 0 saturated carbocycles. The van der Waals surface area contributed by atoms with Crippen molar-refractivity contribution in [1.82, 2.24) is 5.32 Å². The molecule has 72 valence electrons. The van der Waals surface area contributed by atoms with Crippen molar-refractivity contribution < 1.29 is 4.74 Å². The molecule has 0 amide bonds. The lowest BCUT2D eigenvalue weighted by atomic mass is 10.3. The third-order valence-electron chi connectivity index (χ3n) is 1.62. The number of rotatable bonds is 5. The molecule has 0 saturated heterocycles. The zero-order valence-electron chi connectivity index (χ0n) is 7.72. The van der Waals surface area contributed by atoms with Gasteiger partial charge in [-0.25, -0.2) is 0 Å². The van der Waals surface area contributed by atoms with Crippen LogP contribution in [0.15, 0.2) is 24.3 Å². The number of benzene rings is 1. The Balaban J connectivity index is 2.32. The molecule has 0 atom stereocenters. The Kier molecular flexibility index (Phi) is 4.65. The van der Waals surface area contributed by atoms with E-state index in [2.05, 4.69) is 12.2 Å². The van der Waals surface area contributed by atoms with Crippen LogP contribution in [0.3, 0.4) is 0 Å². The molecule has 0 aromatic heterocycles. The van der Waals surface area contributed by atoms with Gasteiger partial charge in [0, 0.05) is 6.54 Å². The molecule has 0 fully saturated rings. The summed E-state index contributed by atoms with van der Waals surface area (Å²) in [5, 5.41) is 3.84. The number of para-hydroxylation sites is 1. The maximum atomic E-state index is 5.89. The van der Waals surface area contributed by atoms with Crippen molar-refractivity contribution in [2.75, 3.05) is 19.7 Å². The zero-order chi connectivity index (χ0) is 9.52. The van der Waals surface area contributed by atoms with Crippen molar-refractivity contribution in [2.24, 2.45) is 0 Å². The van der Waals surface area contributed by atoms with Gasteiger partial charge in [-0.1, -0.05) is 30.7 Å². The number of hydrogen-bond acceptors (Lipinski definition) is 2. The number of likely N-dealkylation sites (N-methyl/N-ethyl adjacent to an activating group) is 1. The van der Waals surface area contributed by atoms with E-state index in [1.165, 1.54) is 0 Å². The molecule has 0 aliphatic rings. The lowest BCUT2D eigenvalue weighted by Crippen LogP contribution is -2.20. The summed E-state index contributed by atoms with van der Waals surface area (Å²) >= 11 is 5.89. The molecule has 0 aliphatic carbocycles. The van der Waals surface area contributed by atoms with Crippen LogP contribution >= 0.6 is 11.6 Å². The molecule has 1 aromatic rings. The van der Waals surface area contributed by atoms with Gasteiger partial charge in [-0.15, -0.1) is 0 Å². The maximum absolute atomic E-state index is 5.89. The number of nitrogens with one attached hydrogen (secondary N) is 1. The van der Waals surface area contributed by atoms with Crippen LogP contribution in [0.4, 0.5) is 0 Å². The zero-order valence-corrected chi connectivity index (χ0v) is 8.47. The predicted molar refractivity (Wildman–Crippen MR) is 55.5 cm³/mol. The molecular formula is C10H14ClNO. The average molecular weight is 200 g/mol. The van der Waals surface area contributed by atoms with E-state index < -0.39 is 0 Å². The minimum Gasteiger partial charge on any atom is -0.491 e. The van der Waals surface area contributed by atoms with Gasteiger partial charge in [0.25, 0.3) is 0 Å². The largest absolute Gasteiger partial charge is 0.491 e. The molecule has 1 N–H and O–H groups in total. The summed E-state index contributed by atoms with van der Waals surface area (Å²) in [6, 6.07) is 7.49. The van der Waals surface area contributed by atoms with E-state index in [9.17, 15) is 0 Å². The van der Waals surface area contributed by atoms with Gasteiger partial charge in [-0.05, 0) is 18.7 Å². The van der Waals surface area contributed by atoms with Crippen LogP contribution in [0, 0.1) is 0 Å². The van der Waals surface area contributed by atoms with Gasteiger partial charge in [0.05, 0.1) is 5.02 Å². The van der Waals surface area contributed by atoms with Gasteiger partial charge in [-0.2, -0.15) is 0 Å². The van der Waals surface area contributed by atoms with Crippen LogP contribution in [-0.4, -0.2) is 19.7 Å². The van der Waals surface area contributed by atoms with E-state index >= 15 is 0 Å². The molecule has 3 heteroatoms. The highest BCUT2D eigenvalue weighted by molar-refractivity contribution is 6.32. The van der Waals surface area contributed by atoms with Crippen molar-refractivity contribution >= 4 is 11.6 Å². The minimum absolute atomic E-state index is 0.650. The van der Waals surface area contributed by atoms with Crippen molar-refractivity contribution in [3.05, 3.63) is 29.3 Å². The van der Waals surface area contributed by atoms with Gasteiger partial charge in [0.2, 0.25) is 0 Å². The second kappa shape index (κ2) is 5.84. The Hall–Kier alpha value is -0.730. The highest BCUT2D eigenvalue weighted by Gasteiger charge is 1.97. The first-order valence-electron chi connectivity index (χ1n) is 4.42. The monoisotopic (exact) mass is 199 g/mol. The molecule has 0 radical (unpaired) electrons. The quantitative estimate of drug-likeness (QED) is 0.735. The lowest BCUT2D eigenvalue weighted by Gasteiger charge is -2.07. The third kappa shape index (κ3) is 3.66. The van der Waals surface area contributed by atoms with Crippen LogP contribution < -0.4 is 10.1 Å². The molecular weight excluding hydrogens is 186 g/mol. The van der Waals surface area contributed by atoms with Crippen LogP contribution in [0.25, 0.3) is 0 Å². The Morgan fingerprint density at radius 3 is 2.85 bits per heavy atom. The topological polar surface area (TPSA) is 21.3 Å². The van der Waals surface area contributed by atoms with Crippen LogP contribution in [0.1, 0.15) is 6.92 Å². The number of hydrogen-bond donors (Lipinski definition) is 1. The Morgan fingerprint density at radius 1 is 1.38 bits per heavy atom.